The van der Waals surface area contributed by atoms with Crippen molar-refractivity contribution in [2.24, 2.45) is 16.9 Å². The van der Waals surface area contributed by atoms with Crippen molar-refractivity contribution in [2.45, 2.75) is 45.4 Å². The number of hydrogen-bond acceptors (Lipinski definition) is 6. The highest BCUT2D eigenvalue weighted by Crippen LogP contribution is 2.20. The maximum absolute atomic E-state index is 11.7. The first-order chi connectivity index (χ1) is 7.62. The maximum Gasteiger partial charge on any atom is 0.168 e. The summed E-state index contributed by atoms with van der Waals surface area (Å²) in [5.41, 5.74) is 10.2. The first-order valence-corrected chi connectivity index (χ1v) is 5.49. The Bertz CT molecular complexity index is 289. The zero-order valence-electron chi connectivity index (χ0n) is 10.5. The third kappa shape index (κ3) is 4.91. The number of aliphatic hydroxyl groups is 2. The predicted molar refractivity (Wildman–Crippen MR) is 63.1 cm³/mol. The molecule has 0 heterocycles. The van der Waals surface area contributed by atoms with Gasteiger partial charge in [0.1, 0.15) is 6.10 Å². The van der Waals surface area contributed by atoms with Gasteiger partial charge in [0.2, 0.25) is 0 Å². The Morgan fingerprint density at radius 2 is 1.76 bits per heavy atom. The maximum atomic E-state index is 11.7. The van der Waals surface area contributed by atoms with Gasteiger partial charge in [0.15, 0.2) is 11.6 Å². The zero-order valence-corrected chi connectivity index (χ0v) is 10.5. The molecule has 0 aliphatic rings. The van der Waals surface area contributed by atoms with Gasteiger partial charge in [0.25, 0.3) is 0 Å². The van der Waals surface area contributed by atoms with E-state index in [4.69, 9.17) is 16.6 Å². The van der Waals surface area contributed by atoms with E-state index in [1.165, 1.54) is 6.92 Å². The molecule has 0 aromatic carbocycles. The lowest BCUT2D eigenvalue weighted by Gasteiger charge is -2.24. The summed E-state index contributed by atoms with van der Waals surface area (Å²) in [6, 6.07) is -2.13. The van der Waals surface area contributed by atoms with Gasteiger partial charge in [0.05, 0.1) is 12.1 Å². The lowest BCUT2D eigenvalue weighted by atomic mass is 9.85. The number of aliphatic hydroxyl groups excluding tert-OH is 2. The largest absolute Gasteiger partial charge is 0.396 e. The lowest BCUT2D eigenvalue weighted by molar-refractivity contribution is -0.136. The molecular formula is C11H22N2O4. The minimum absolute atomic E-state index is 0.0510. The molecule has 0 amide bonds. The van der Waals surface area contributed by atoms with E-state index in [0.29, 0.717) is 0 Å². The minimum atomic E-state index is -1.57. The van der Waals surface area contributed by atoms with Crippen molar-refractivity contribution in [3.8, 4) is 0 Å². The van der Waals surface area contributed by atoms with Crippen LogP contribution in [-0.4, -0.2) is 46.6 Å². The molecule has 17 heavy (non-hydrogen) atoms. The van der Waals surface area contributed by atoms with Gasteiger partial charge in [-0.2, -0.15) is 0 Å². The Balaban J connectivity index is 4.56. The molecule has 0 rings (SSSR count). The van der Waals surface area contributed by atoms with E-state index in [1.54, 1.807) is 13.8 Å². The molecule has 0 aromatic heterocycles. The molecular weight excluding hydrogens is 224 g/mol. The SMILES string of the molecule is CC(N)C(=O)C(N)C(O)C(=O)CC(C)(C)CO. The smallest absolute Gasteiger partial charge is 0.168 e. The molecule has 6 heteroatoms. The fourth-order valence-electron chi connectivity index (χ4n) is 1.29. The van der Waals surface area contributed by atoms with E-state index >= 15 is 0 Å². The van der Waals surface area contributed by atoms with Gasteiger partial charge < -0.3 is 21.7 Å². The van der Waals surface area contributed by atoms with Crippen molar-refractivity contribution in [3.63, 3.8) is 0 Å². The molecule has 6 N–H and O–H groups in total. The Morgan fingerprint density at radius 3 is 2.12 bits per heavy atom. The van der Waals surface area contributed by atoms with Gasteiger partial charge in [-0.1, -0.05) is 13.8 Å². The summed E-state index contributed by atoms with van der Waals surface area (Å²) in [6.45, 7) is 4.60. The van der Waals surface area contributed by atoms with Crippen molar-refractivity contribution in [1.29, 1.82) is 0 Å². The van der Waals surface area contributed by atoms with Crippen molar-refractivity contribution in [1.82, 2.24) is 0 Å². The molecule has 0 spiro atoms. The monoisotopic (exact) mass is 246 g/mol. The van der Waals surface area contributed by atoms with Gasteiger partial charge in [-0.25, -0.2) is 0 Å². The third-order valence-electron chi connectivity index (χ3n) is 2.53. The van der Waals surface area contributed by atoms with E-state index in [1.807, 2.05) is 0 Å². The first-order valence-electron chi connectivity index (χ1n) is 5.49. The predicted octanol–water partition coefficient (Wildman–Crippen LogP) is -1.43. The number of rotatable bonds is 7. The molecule has 6 nitrogen and oxygen atoms in total. The van der Waals surface area contributed by atoms with Crippen molar-refractivity contribution in [2.75, 3.05) is 6.61 Å². The number of carbonyl (C=O) groups is 2. The summed E-state index contributed by atoms with van der Waals surface area (Å²) in [7, 11) is 0. The van der Waals surface area contributed by atoms with E-state index in [2.05, 4.69) is 0 Å². The molecule has 0 saturated carbocycles. The van der Waals surface area contributed by atoms with Crippen LogP contribution >= 0.6 is 0 Å². The van der Waals surface area contributed by atoms with Crippen molar-refractivity contribution >= 4 is 11.6 Å². The van der Waals surface area contributed by atoms with Crippen LogP contribution in [0.15, 0.2) is 0 Å². The number of nitrogens with two attached hydrogens (primary N) is 2. The Kier molecular flexibility index (Phi) is 5.91. The lowest BCUT2D eigenvalue weighted by Crippen LogP contribution is -2.52. The highest BCUT2D eigenvalue weighted by molar-refractivity contribution is 5.95. The molecule has 0 aromatic rings. The van der Waals surface area contributed by atoms with Gasteiger partial charge in [-0.05, 0) is 12.3 Å². The van der Waals surface area contributed by atoms with Crippen LogP contribution in [0.25, 0.3) is 0 Å². The molecule has 0 aliphatic carbocycles. The second-order valence-electron chi connectivity index (χ2n) is 5.13. The summed E-state index contributed by atoms with van der Waals surface area (Å²) < 4.78 is 0. The molecule has 0 radical (unpaired) electrons. The van der Waals surface area contributed by atoms with Crippen LogP contribution < -0.4 is 11.5 Å². The van der Waals surface area contributed by atoms with Gasteiger partial charge in [-0.15, -0.1) is 0 Å². The second-order valence-corrected chi connectivity index (χ2v) is 5.13. The van der Waals surface area contributed by atoms with E-state index in [-0.39, 0.29) is 13.0 Å². The number of hydrogen-bond donors (Lipinski definition) is 4. The van der Waals surface area contributed by atoms with Crippen molar-refractivity contribution < 1.29 is 19.8 Å². The number of carbonyl (C=O) groups excluding carboxylic acids is 2. The Labute approximate surface area is 101 Å². The van der Waals surface area contributed by atoms with E-state index < -0.39 is 35.2 Å². The second kappa shape index (κ2) is 6.20. The van der Waals surface area contributed by atoms with E-state index in [0.717, 1.165) is 0 Å². The molecule has 0 bridgehead atoms. The number of Topliss-reactive ketones (excluding diaryl/α,β-unsaturated/α-hetero) is 2. The average molecular weight is 246 g/mol. The van der Waals surface area contributed by atoms with Crippen LogP contribution in [-0.2, 0) is 9.59 Å². The summed E-state index contributed by atoms with van der Waals surface area (Å²) in [4.78, 5) is 23.1. The van der Waals surface area contributed by atoms with Crippen LogP contribution in [0.5, 0.6) is 0 Å². The molecule has 0 aliphatic heterocycles. The van der Waals surface area contributed by atoms with Crippen LogP contribution in [0.3, 0.4) is 0 Å². The first kappa shape index (κ1) is 16.2. The summed E-state index contributed by atoms with van der Waals surface area (Å²) in [5.74, 6) is -1.13. The van der Waals surface area contributed by atoms with Crippen LogP contribution in [0.4, 0.5) is 0 Å². The highest BCUT2D eigenvalue weighted by Gasteiger charge is 2.33. The van der Waals surface area contributed by atoms with Crippen LogP contribution in [0, 0.1) is 5.41 Å². The molecule has 3 atom stereocenters. The fraction of sp³-hybridized carbons (Fsp3) is 0.818. The minimum Gasteiger partial charge on any atom is -0.396 e. The normalized spacial score (nSPS) is 17.4. The molecule has 3 unspecified atom stereocenters. The van der Waals surface area contributed by atoms with Crippen LogP contribution in [0.2, 0.25) is 0 Å². The Morgan fingerprint density at radius 1 is 1.29 bits per heavy atom. The van der Waals surface area contributed by atoms with Crippen molar-refractivity contribution in [3.05, 3.63) is 0 Å². The van der Waals surface area contributed by atoms with E-state index in [9.17, 15) is 14.7 Å². The van der Waals surface area contributed by atoms with Gasteiger partial charge in [-0.3, -0.25) is 9.59 Å². The Hall–Kier alpha value is -0.820. The van der Waals surface area contributed by atoms with Gasteiger partial charge in [0, 0.05) is 13.0 Å². The quantitative estimate of drug-likeness (QED) is 0.436. The zero-order chi connectivity index (χ0) is 13.8. The fourth-order valence-corrected chi connectivity index (χ4v) is 1.29. The topological polar surface area (TPSA) is 127 Å². The standard InChI is InChI=1S/C11H22N2O4/c1-6(12)9(16)8(13)10(17)7(15)4-11(2,3)5-14/h6,8,10,14,17H,4-5,12-13H2,1-3H3. The summed E-state index contributed by atoms with van der Waals surface area (Å²) in [5, 5.41) is 18.6. The average Bonchev–Trinajstić information content (AvgIpc) is 2.25. The van der Waals surface area contributed by atoms with Crippen LogP contribution in [0.1, 0.15) is 27.2 Å². The highest BCUT2D eigenvalue weighted by atomic mass is 16.3. The third-order valence-corrected chi connectivity index (χ3v) is 2.53. The summed E-state index contributed by atoms with van der Waals surface area (Å²) in [6.07, 6.45) is -1.62. The molecule has 100 valence electrons. The molecule has 0 fully saturated rings. The number of ketones is 2. The van der Waals surface area contributed by atoms with Gasteiger partial charge >= 0.3 is 0 Å². The molecule has 0 saturated heterocycles. The summed E-state index contributed by atoms with van der Waals surface area (Å²) >= 11 is 0.